The van der Waals surface area contributed by atoms with Crippen molar-refractivity contribution < 1.29 is 9.59 Å². The Hall–Kier alpha value is -1.84. The van der Waals surface area contributed by atoms with E-state index in [4.69, 9.17) is 0 Å². The van der Waals surface area contributed by atoms with Crippen molar-refractivity contribution in [3.8, 4) is 0 Å². The molecule has 0 saturated carbocycles. The Morgan fingerprint density at radius 2 is 1.65 bits per heavy atom. The van der Waals surface area contributed by atoms with Crippen LogP contribution < -0.4 is 5.32 Å². The highest BCUT2D eigenvalue weighted by Gasteiger charge is 2.45. The van der Waals surface area contributed by atoms with E-state index in [0.717, 1.165) is 31.5 Å². The van der Waals surface area contributed by atoms with Crippen LogP contribution >= 0.6 is 0 Å². The van der Waals surface area contributed by atoms with Crippen LogP contribution in [0.15, 0.2) is 30.3 Å². The summed E-state index contributed by atoms with van der Waals surface area (Å²) in [6.07, 6.45) is 6.90. The average Bonchev–Trinajstić information content (AvgIpc) is 2.56. The molecule has 4 nitrogen and oxygen atoms in total. The van der Waals surface area contributed by atoms with Gasteiger partial charge in [-0.05, 0) is 24.8 Å². The fourth-order valence-corrected chi connectivity index (χ4v) is 3.82. The van der Waals surface area contributed by atoms with Gasteiger partial charge in [-0.15, -0.1) is 0 Å². The molecule has 4 heteroatoms. The van der Waals surface area contributed by atoms with Gasteiger partial charge in [0.05, 0.1) is 5.41 Å². The average molecular weight is 314 g/mol. The summed E-state index contributed by atoms with van der Waals surface area (Å²) in [7, 11) is 0. The van der Waals surface area contributed by atoms with Crippen molar-refractivity contribution in [1.29, 1.82) is 0 Å². The summed E-state index contributed by atoms with van der Waals surface area (Å²) in [6, 6.07) is 9.99. The van der Waals surface area contributed by atoms with Crippen molar-refractivity contribution in [2.75, 3.05) is 19.6 Å². The number of likely N-dealkylation sites (tertiary alicyclic amines) is 1. The standard InChI is InChI=1S/C19H26N2O2/c22-17-11-12-19(15-20-17,16-9-5-4-6-10-16)18(23)21-13-7-2-1-3-8-14-21/h4-6,9-10H,1-3,7-8,11-15H2,(H,20,22). The molecule has 0 aliphatic carbocycles. The zero-order valence-electron chi connectivity index (χ0n) is 13.7. The lowest BCUT2D eigenvalue weighted by Gasteiger charge is -2.40. The maximum atomic E-state index is 13.4. The Balaban J connectivity index is 1.88. The molecule has 23 heavy (non-hydrogen) atoms. The van der Waals surface area contributed by atoms with Crippen LogP contribution in [-0.4, -0.2) is 36.3 Å². The molecule has 1 aromatic carbocycles. The maximum Gasteiger partial charge on any atom is 0.235 e. The number of nitrogens with zero attached hydrogens (tertiary/aromatic N) is 1. The molecular formula is C19H26N2O2. The molecule has 2 fully saturated rings. The zero-order valence-corrected chi connectivity index (χ0v) is 13.7. The lowest BCUT2D eigenvalue weighted by molar-refractivity contribution is -0.140. The molecule has 1 unspecified atom stereocenters. The molecule has 2 amide bonds. The highest BCUT2D eigenvalue weighted by Crippen LogP contribution is 2.34. The highest BCUT2D eigenvalue weighted by atomic mass is 16.2. The van der Waals surface area contributed by atoms with Crippen LogP contribution in [0.5, 0.6) is 0 Å². The first-order chi connectivity index (χ1) is 11.2. The number of nitrogens with one attached hydrogen (secondary N) is 1. The normalized spacial score (nSPS) is 26.1. The van der Waals surface area contributed by atoms with Crippen LogP contribution in [-0.2, 0) is 15.0 Å². The molecule has 3 rings (SSSR count). The molecule has 0 bridgehead atoms. The van der Waals surface area contributed by atoms with Gasteiger partial charge in [0.15, 0.2) is 0 Å². The van der Waals surface area contributed by atoms with E-state index in [2.05, 4.69) is 5.32 Å². The fraction of sp³-hybridized carbons (Fsp3) is 0.579. The van der Waals surface area contributed by atoms with Gasteiger partial charge in [0.2, 0.25) is 11.8 Å². The minimum Gasteiger partial charge on any atom is -0.355 e. The van der Waals surface area contributed by atoms with Gasteiger partial charge in [-0.2, -0.15) is 0 Å². The number of benzene rings is 1. The summed E-state index contributed by atoms with van der Waals surface area (Å²) in [5, 5.41) is 2.93. The predicted molar refractivity (Wildman–Crippen MR) is 90.0 cm³/mol. The Morgan fingerprint density at radius 3 is 2.26 bits per heavy atom. The van der Waals surface area contributed by atoms with E-state index in [1.54, 1.807) is 0 Å². The monoisotopic (exact) mass is 314 g/mol. The van der Waals surface area contributed by atoms with Gasteiger partial charge < -0.3 is 10.2 Å². The number of hydrogen-bond donors (Lipinski definition) is 1. The second-order valence-electron chi connectivity index (χ2n) is 6.78. The van der Waals surface area contributed by atoms with Crippen molar-refractivity contribution in [1.82, 2.24) is 10.2 Å². The van der Waals surface area contributed by atoms with Crippen LogP contribution in [0.2, 0.25) is 0 Å². The van der Waals surface area contributed by atoms with Gasteiger partial charge in [0, 0.05) is 26.1 Å². The largest absolute Gasteiger partial charge is 0.355 e. The van der Waals surface area contributed by atoms with Crippen LogP contribution in [0.3, 0.4) is 0 Å². The zero-order chi connectivity index (χ0) is 16.1. The first-order valence-corrected chi connectivity index (χ1v) is 8.84. The Morgan fingerprint density at radius 1 is 1.00 bits per heavy atom. The lowest BCUT2D eigenvalue weighted by atomic mass is 9.73. The van der Waals surface area contributed by atoms with Crippen molar-refractivity contribution in [2.45, 2.75) is 50.4 Å². The summed E-state index contributed by atoms with van der Waals surface area (Å²) in [6.45, 7) is 2.12. The molecule has 2 aliphatic rings. The fourth-order valence-electron chi connectivity index (χ4n) is 3.82. The van der Waals surface area contributed by atoms with Gasteiger partial charge in [-0.3, -0.25) is 9.59 Å². The van der Waals surface area contributed by atoms with Crippen LogP contribution in [0.4, 0.5) is 0 Å². The van der Waals surface area contributed by atoms with Crippen molar-refractivity contribution in [3.63, 3.8) is 0 Å². The number of rotatable bonds is 2. The molecule has 1 N–H and O–H groups in total. The molecule has 124 valence electrons. The number of hydrogen-bond acceptors (Lipinski definition) is 2. The smallest absolute Gasteiger partial charge is 0.235 e. The van der Waals surface area contributed by atoms with Crippen LogP contribution in [0, 0.1) is 0 Å². The van der Waals surface area contributed by atoms with Gasteiger partial charge in [-0.25, -0.2) is 0 Å². The Labute approximate surface area is 138 Å². The molecule has 1 aromatic rings. The molecule has 2 heterocycles. The van der Waals surface area contributed by atoms with E-state index >= 15 is 0 Å². The van der Waals surface area contributed by atoms with E-state index in [1.807, 2.05) is 35.2 Å². The van der Waals surface area contributed by atoms with Gasteiger partial charge >= 0.3 is 0 Å². The highest BCUT2D eigenvalue weighted by molar-refractivity contribution is 5.91. The Kier molecular flexibility index (Phi) is 4.99. The van der Waals surface area contributed by atoms with Gasteiger partial charge in [-0.1, -0.05) is 49.6 Å². The topological polar surface area (TPSA) is 49.4 Å². The number of piperidine rings is 1. The van der Waals surface area contributed by atoms with Crippen LogP contribution in [0.1, 0.15) is 50.5 Å². The number of carbonyl (C=O) groups excluding carboxylic acids is 2. The van der Waals surface area contributed by atoms with Crippen LogP contribution in [0.25, 0.3) is 0 Å². The molecular weight excluding hydrogens is 288 g/mol. The third-order valence-corrected chi connectivity index (χ3v) is 5.25. The molecule has 1 atom stereocenters. The van der Waals surface area contributed by atoms with Gasteiger partial charge in [0.1, 0.15) is 0 Å². The third kappa shape index (κ3) is 3.41. The van der Waals surface area contributed by atoms with Crippen molar-refractivity contribution in [2.24, 2.45) is 0 Å². The number of amides is 2. The van der Waals surface area contributed by atoms with Crippen molar-refractivity contribution in [3.05, 3.63) is 35.9 Å². The van der Waals surface area contributed by atoms with E-state index < -0.39 is 5.41 Å². The minimum atomic E-state index is -0.589. The Bertz CT molecular complexity index is 538. The minimum absolute atomic E-state index is 0.0528. The predicted octanol–water partition coefficient (Wildman–Crippen LogP) is 2.63. The molecule has 0 radical (unpaired) electrons. The lowest BCUT2D eigenvalue weighted by Crippen LogP contribution is -2.56. The SMILES string of the molecule is O=C1CCC(C(=O)N2CCCCCCC2)(c2ccccc2)CN1. The van der Waals surface area contributed by atoms with E-state index in [1.165, 1.54) is 19.3 Å². The van der Waals surface area contributed by atoms with Gasteiger partial charge in [0.25, 0.3) is 0 Å². The summed E-state index contributed by atoms with van der Waals surface area (Å²) in [5.41, 5.74) is 0.445. The molecule has 2 saturated heterocycles. The maximum absolute atomic E-state index is 13.4. The second kappa shape index (κ2) is 7.16. The van der Waals surface area contributed by atoms with E-state index in [9.17, 15) is 9.59 Å². The van der Waals surface area contributed by atoms with E-state index in [0.29, 0.717) is 19.4 Å². The summed E-state index contributed by atoms with van der Waals surface area (Å²) in [4.78, 5) is 27.1. The summed E-state index contributed by atoms with van der Waals surface area (Å²) < 4.78 is 0. The number of carbonyl (C=O) groups is 2. The summed E-state index contributed by atoms with van der Waals surface area (Å²) in [5.74, 6) is 0.252. The second-order valence-corrected chi connectivity index (χ2v) is 6.78. The first-order valence-electron chi connectivity index (χ1n) is 8.84. The molecule has 0 aromatic heterocycles. The van der Waals surface area contributed by atoms with E-state index in [-0.39, 0.29) is 11.8 Å². The first kappa shape index (κ1) is 16.0. The molecule has 0 spiro atoms. The molecule has 2 aliphatic heterocycles. The summed E-state index contributed by atoms with van der Waals surface area (Å²) >= 11 is 0. The third-order valence-electron chi connectivity index (χ3n) is 5.25. The quantitative estimate of drug-likeness (QED) is 0.912. The van der Waals surface area contributed by atoms with Crippen molar-refractivity contribution >= 4 is 11.8 Å².